The molecule has 0 unspecified atom stereocenters. The molecule has 4 rings (SSSR count). The van der Waals surface area contributed by atoms with E-state index in [-0.39, 0.29) is 30.7 Å². The lowest BCUT2D eigenvalue weighted by atomic mass is 10.0. The van der Waals surface area contributed by atoms with E-state index in [0.29, 0.717) is 43.6 Å². The number of hydrogen-bond acceptors (Lipinski definition) is 10. The van der Waals surface area contributed by atoms with Crippen molar-refractivity contribution in [3.05, 3.63) is 41.0 Å². The standard InChI is InChI=1S/C25H37N6O4P/c1-3-34-36(33,35-4-2)13-10-27-25-28-23(26)22-15-21(32)18-31(24(22)29-25)17-20-9-7-8-19(14-20)16-30-11-5-6-12-30/h7-9,14H,3-6,10-13,15-18H2,1-2H3,(H3,26,27,28,29). The minimum Gasteiger partial charge on any atom is -0.383 e. The highest BCUT2D eigenvalue weighted by atomic mass is 31.2. The summed E-state index contributed by atoms with van der Waals surface area (Å²) in [7, 11) is -3.18. The quantitative estimate of drug-likeness (QED) is 0.406. The van der Waals surface area contributed by atoms with Crippen molar-refractivity contribution in [2.24, 2.45) is 0 Å². The number of carbonyl (C=O) groups is 1. The van der Waals surface area contributed by atoms with Crippen molar-refractivity contribution >= 4 is 31.0 Å². The Labute approximate surface area is 213 Å². The van der Waals surface area contributed by atoms with E-state index in [9.17, 15) is 9.36 Å². The maximum Gasteiger partial charge on any atom is 0.332 e. The van der Waals surface area contributed by atoms with Gasteiger partial charge < -0.3 is 25.0 Å². The number of anilines is 3. The molecule has 0 radical (unpaired) electrons. The van der Waals surface area contributed by atoms with Gasteiger partial charge in [0.1, 0.15) is 11.6 Å². The van der Waals surface area contributed by atoms with Crippen molar-refractivity contribution in [2.75, 3.05) is 61.5 Å². The lowest BCUT2D eigenvalue weighted by Crippen LogP contribution is -2.37. The predicted molar refractivity (Wildman–Crippen MR) is 141 cm³/mol. The molecule has 2 aliphatic heterocycles. The molecule has 36 heavy (non-hydrogen) atoms. The first-order valence-electron chi connectivity index (χ1n) is 12.7. The van der Waals surface area contributed by atoms with Crippen LogP contribution < -0.4 is 16.0 Å². The normalized spacial score (nSPS) is 16.4. The van der Waals surface area contributed by atoms with Crippen molar-refractivity contribution in [3.8, 4) is 0 Å². The summed E-state index contributed by atoms with van der Waals surface area (Å²) in [6.07, 6.45) is 2.93. The Hall–Kier alpha value is -2.52. The van der Waals surface area contributed by atoms with Crippen molar-refractivity contribution in [1.29, 1.82) is 0 Å². The molecule has 0 saturated carbocycles. The van der Waals surface area contributed by atoms with Crippen LogP contribution in [0.25, 0.3) is 0 Å². The molecule has 0 amide bonds. The van der Waals surface area contributed by atoms with Crippen molar-refractivity contribution < 1.29 is 18.4 Å². The number of nitrogen functional groups attached to an aromatic ring is 1. The lowest BCUT2D eigenvalue weighted by Gasteiger charge is -2.30. The van der Waals surface area contributed by atoms with E-state index in [1.807, 2.05) is 4.90 Å². The second-order valence-electron chi connectivity index (χ2n) is 9.21. The molecule has 0 bridgehead atoms. The highest BCUT2D eigenvalue weighted by molar-refractivity contribution is 7.53. The summed E-state index contributed by atoms with van der Waals surface area (Å²) in [4.78, 5) is 26.0. The average Bonchev–Trinajstić information content (AvgIpc) is 3.33. The zero-order valence-electron chi connectivity index (χ0n) is 21.2. The van der Waals surface area contributed by atoms with E-state index in [4.69, 9.17) is 19.8 Å². The topological polar surface area (TPSA) is 123 Å². The SMILES string of the molecule is CCOP(=O)(CCNc1nc(N)c2c(n1)N(Cc1cccc(CN3CCCC3)c1)CC(=O)C2)OCC. The van der Waals surface area contributed by atoms with E-state index >= 15 is 0 Å². The number of hydrogen-bond donors (Lipinski definition) is 2. The second kappa shape index (κ2) is 12.1. The number of nitrogens with zero attached hydrogens (tertiary/aromatic N) is 4. The van der Waals surface area contributed by atoms with Crippen molar-refractivity contribution in [2.45, 2.75) is 46.2 Å². The number of benzene rings is 1. The van der Waals surface area contributed by atoms with E-state index in [1.165, 1.54) is 18.4 Å². The third-order valence-electron chi connectivity index (χ3n) is 6.35. The zero-order valence-corrected chi connectivity index (χ0v) is 22.1. The number of Topliss-reactive ketones (excluding diaryl/α,β-unsaturated/α-hetero) is 1. The molecule has 2 aromatic rings. The molecule has 1 fully saturated rings. The molecule has 10 nitrogen and oxygen atoms in total. The van der Waals surface area contributed by atoms with Crippen LogP contribution in [-0.2, 0) is 37.9 Å². The number of aromatic nitrogens is 2. The fraction of sp³-hybridized carbons (Fsp3) is 0.560. The van der Waals surface area contributed by atoms with Gasteiger partial charge in [0, 0.05) is 31.6 Å². The minimum atomic E-state index is -3.18. The molecular formula is C25H37N6O4P. The van der Waals surface area contributed by atoms with E-state index in [1.54, 1.807) is 13.8 Å². The maximum absolute atomic E-state index is 12.7. The van der Waals surface area contributed by atoms with Crippen molar-refractivity contribution in [1.82, 2.24) is 14.9 Å². The Morgan fingerprint density at radius 1 is 1.08 bits per heavy atom. The Balaban J connectivity index is 1.48. The number of nitrogens with one attached hydrogen (secondary N) is 1. The third kappa shape index (κ3) is 6.82. The van der Waals surface area contributed by atoms with E-state index in [0.717, 1.165) is 25.2 Å². The number of likely N-dealkylation sites (tertiary alicyclic amines) is 1. The number of ketones is 1. The first-order valence-corrected chi connectivity index (χ1v) is 14.5. The summed E-state index contributed by atoms with van der Waals surface area (Å²) in [6.45, 7) is 8.53. The first-order chi connectivity index (χ1) is 17.4. The highest BCUT2D eigenvalue weighted by Crippen LogP contribution is 2.47. The number of fused-ring (bicyclic) bond motifs is 1. The van der Waals surface area contributed by atoms with Crippen LogP contribution in [0.1, 0.15) is 43.4 Å². The summed E-state index contributed by atoms with van der Waals surface area (Å²) < 4.78 is 23.4. The smallest absolute Gasteiger partial charge is 0.332 e. The van der Waals surface area contributed by atoms with Gasteiger partial charge in [-0.15, -0.1) is 0 Å². The van der Waals surface area contributed by atoms with Gasteiger partial charge in [0.15, 0.2) is 5.78 Å². The number of nitrogens with two attached hydrogens (primary N) is 1. The maximum atomic E-state index is 12.7. The summed E-state index contributed by atoms with van der Waals surface area (Å²) in [5.74, 6) is 1.35. The first kappa shape index (κ1) is 26.5. The van der Waals surface area contributed by atoms with Gasteiger partial charge in [0.2, 0.25) is 5.95 Å². The fourth-order valence-electron chi connectivity index (χ4n) is 4.78. The van der Waals surface area contributed by atoms with E-state index < -0.39 is 7.60 Å². The Morgan fingerprint density at radius 3 is 2.47 bits per heavy atom. The number of carbonyl (C=O) groups excluding carboxylic acids is 1. The van der Waals surface area contributed by atoms with Gasteiger partial charge in [-0.1, -0.05) is 24.3 Å². The molecule has 1 saturated heterocycles. The van der Waals surface area contributed by atoms with Gasteiger partial charge in [0.25, 0.3) is 0 Å². The van der Waals surface area contributed by atoms with Gasteiger partial charge in [-0.2, -0.15) is 9.97 Å². The second-order valence-corrected chi connectivity index (χ2v) is 11.4. The largest absolute Gasteiger partial charge is 0.383 e. The van der Waals surface area contributed by atoms with Gasteiger partial charge in [-0.25, -0.2) is 0 Å². The molecule has 1 aromatic heterocycles. The molecule has 196 valence electrons. The molecular weight excluding hydrogens is 479 g/mol. The van der Waals surface area contributed by atoms with Crippen LogP contribution in [0.2, 0.25) is 0 Å². The molecule has 1 aromatic carbocycles. The Kier molecular flexibility index (Phi) is 8.95. The lowest BCUT2D eigenvalue weighted by molar-refractivity contribution is -0.117. The van der Waals surface area contributed by atoms with Gasteiger partial charge >= 0.3 is 7.60 Å². The van der Waals surface area contributed by atoms with Crippen LogP contribution in [0, 0.1) is 0 Å². The zero-order chi connectivity index (χ0) is 25.5. The molecule has 0 atom stereocenters. The fourth-order valence-corrected chi connectivity index (χ4v) is 6.29. The van der Waals surface area contributed by atoms with Gasteiger partial charge in [-0.05, 0) is 50.9 Å². The molecule has 0 aliphatic carbocycles. The Morgan fingerprint density at radius 2 is 1.78 bits per heavy atom. The molecule has 3 heterocycles. The van der Waals surface area contributed by atoms with E-state index in [2.05, 4.69) is 39.5 Å². The third-order valence-corrected chi connectivity index (χ3v) is 8.42. The summed E-state index contributed by atoms with van der Waals surface area (Å²) >= 11 is 0. The predicted octanol–water partition coefficient (Wildman–Crippen LogP) is 3.46. The average molecular weight is 517 g/mol. The molecule has 3 N–H and O–H groups in total. The van der Waals surface area contributed by atoms with Crippen molar-refractivity contribution in [3.63, 3.8) is 0 Å². The molecule has 0 spiro atoms. The van der Waals surface area contributed by atoms with Crippen LogP contribution in [0.15, 0.2) is 24.3 Å². The van der Waals surface area contributed by atoms with Gasteiger partial charge in [0.05, 0.1) is 25.9 Å². The van der Waals surface area contributed by atoms with Crippen LogP contribution in [-0.4, -0.2) is 66.2 Å². The monoisotopic (exact) mass is 516 g/mol. The van der Waals surface area contributed by atoms with Gasteiger partial charge in [-0.3, -0.25) is 14.3 Å². The van der Waals surface area contributed by atoms with Crippen LogP contribution in [0.3, 0.4) is 0 Å². The summed E-state index contributed by atoms with van der Waals surface area (Å²) in [5, 5.41) is 3.10. The van der Waals surface area contributed by atoms with Crippen LogP contribution in [0.5, 0.6) is 0 Å². The molecule has 11 heteroatoms. The summed E-state index contributed by atoms with van der Waals surface area (Å²) in [5.41, 5.74) is 9.29. The minimum absolute atomic E-state index is 0.0843. The summed E-state index contributed by atoms with van der Waals surface area (Å²) in [6, 6.07) is 8.51. The van der Waals surface area contributed by atoms with Crippen LogP contribution in [0.4, 0.5) is 17.6 Å². The van der Waals surface area contributed by atoms with Crippen LogP contribution >= 0.6 is 7.60 Å². The Bertz CT molecular complexity index is 1100. The number of rotatable bonds is 12. The highest BCUT2D eigenvalue weighted by Gasteiger charge is 2.28. The molecule has 2 aliphatic rings.